The number of anilines is 1. The number of phenols is 1. The lowest BCUT2D eigenvalue weighted by Crippen LogP contribution is -2.14. The van der Waals surface area contributed by atoms with Gasteiger partial charge in [0.2, 0.25) is 0 Å². The smallest absolute Gasteiger partial charge is 0.149 e. The molecule has 1 saturated heterocycles. The monoisotopic (exact) mass is 270 g/mol. The Labute approximate surface area is 118 Å². The Morgan fingerprint density at radius 2 is 2.10 bits per heavy atom. The summed E-state index contributed by atoms with van der Waals surface area (Å²) in [5.41, 5.74) is 8.36. The molecule has 1 unspecified atom stereocenters. The maximum atomic E-state index is 9.92. The SMILES string of the molecule is CN1CCC(c2cc(-c3ccccc3O)nnc2N)C1. The summed E-state index contributed by atoms with van der Waals surface area (Å²) >= 11 is 0. The highest BCUT2D eigenvalue weighted by atomic mass is 16.3. The molecule has 0 amide bonds. The van der Waals surface area contributed by atoms with Gasteiger partial charge in [-0.25, -0.2) is 0 Å². The van der Waals surface area contributed by atoms with Crippen LogP contribution in [-0.4, -0.2) is 40.3 Å². The van der Waals surface area contributed by atoms with Crippen molar-refractivity contribution >= 4 is 5.82 Å². The van der Waals surface area contributed by atoms with Crippen LogP contribution in [0.15, 0.2) is 30.3 Å². The van der Waals surface area contributed by atoms with Crippen LogP contribution in [0.2, 0.25) is 0 Å². The van der Waals surface area contributed by atoms with Crippen molar-refractivity contribution in [2.45, 2.75) is 12.3 Å². The van der Waals surface area contributed by atoms with E-state index in [1.165, 1.54) is 0 Å². The van der Waals surface area contributed by atoms with Crippen molar-refractivity contribution < 1.29 is 5.11 Å². The largest absolute Gasteiger partial charge is 0.507 e. The average Bonchev–Trinajstić information content (AvgIpc) is 2.87. The van der Waals surface area contributed by atoms with Crippen molar-refractivity contribution in [3.05, 3.63) is 35.9 Å². The number of aromatic hydroxyl groups is 1. The van der Waals surface area contributed by atoms with Crippen molar-refractivity contribution in [1.29, 1.82) is 0 Å². The summed E-state index contributed by atoms with van der Waals surface area (Å²) < 4.78 is 0. The van der Waals surface area contributed by atoms with Crippen LogP contribution in [0.5, 0.6) is 5.75 Å². The molecule has 0 bridgehead atoms. The first-order valence-corrected chi connectivity index (χ1v) is 6.75. The quantitative estimate of drug-likeness (QED) is 0.871. The molecular weight excluding hydrogens is 252 g/mol. The maximum Gasteiger partial charge on any atom is 0.149 e. The van der Waals surface area contributed by atoms with Gasteiger partial charge in [-0.05, 0) is 38.2 Å². The summed E-state index contributed by atoms with van der Waals surface area (Å²) in [5.74, 6) is 1.09. The van der Waals surface area contributed by atoms with Gasteiger partial charge < -0.3 is 15.7 Å². The number of hydrogen-bond donors (Lipinski definition) is 2. The number of phenolic OH excluding ortho intramolecular Hbond substituents is 1. The Morgan fingerprint density at radius 3 is 2.80 bits per heavy atom. The van der Waals surface area contributed by atoms with Gasteiger partial charge in [-0.2, -0.15) is 0 Å². The van der Waals surface area contributed by atoms with E-state index in [2.05, 4.69) is 22.1 Å². The Bertz CT molecular complexity index is 629. The number of likely N-dealkylation sites (N-methyl/N-ethyl adjacent to an activating group) is 1. The Morgan fingerprint density at radius 1 is 1.30 bits per heavy atom. The van der Waals surface area contributed by atoms with E-state index in [9.17, 15) is 5.11 Å². The second kappa shape index (κ2) is 5.09. The molecule has 5 heteroatoms. The minimum absolute atomic E-state index is 0.209. The van der Waals surface area contributed by atoms with Crippen LogP contribution in [0.3, 0.4) is 0 Å². The number of hydrogen-bond acceptors (Lipinski definition) is 5. The first kappa shape index (κ1) is 12.9. The molecule has 1 aromatic carbocycles. The lowest BCUT2D eigenvalue weighted by Gasteiger charge is -2.14. The van der Waals surface area contributed by atoms with Crippen LogP contribution in [0.4, 0.5) is 5.82 Å². The summed E-state index contributed by atoms with van der Waals surface area (Å²) in [4.78, 5) is 2.28. The molecule has 104 valence electrons. The molecule has 1 fully saturated rings. The Balaban J connectivity index is 2.01. The van der Waals surface area contributed by atoms with Gasteiger partial charge >= 0.3 is 0 Å². The van der Waals surface area contributed by atoms with Crippen LogP contribution >= 0.6 is 0 Å². The molecule has 1 aliphatic heterocycles. The van der Waals surface area contributed by atoms with Crippen molar-refractivity contribution in [3.63, 3.8) is 0 Å². The van der Waals surface area contributed by atoms with Gasteiger partial charge in [0.25, 0.3) is 0 Å². The van der Waals surface area contributed by atoms with Crippen molar-refractivity contribution in [3.8, 4) is 17.0 Å². The van der Waals surface area contributed by atoms with E-state index in [0.717, 1.165) is 25.1 Å². The summed E-state index contributed by atoms with van der Waals surface area (Å²) in [7, 11) is 2.11. The zero-order valence-corrected chi connectivity index (χ0v) is 11.5. The van der Waals surface area contributed by atoms with Gasteiger partial charge in [0, 0.05) is 23.6 Å². The number of para-hydroxylation sites is 1. The van der Waals surface area contributed by atoms with Crippen LogP contribution < -0.4 is 5.73 Å². The summed E-state index contributed by atoms with van der Waals surface area (Å²) in [6.45, 7) is 2.05. The molecule has 1 aromatic heterocycles. The lowest BCUT2D eigenvalue weighted by atomic mass is 9.97. The molecule has 0 radical (unpaired) electrons. The predicted molar refractivity (Wildman–Crippen MR) is 78.4 cm³/mol. The van der Waals surface area contributed by atoms with Gasteiger partial charge in [0.15, 0.2) is 0 Å². The summed E-state index contributed by atoms with van der Waals surface area (Å²) in [6.07, 6.45) is 1.08. The van der Waals surface area contributed by atoms with Gasteiger partial charge in [0.1, 0.15) is 11.6 Å². The minimum atomic E-state index is 0.209. The molecule has 1 aliphatic rings. The summed E-state index contributed by atoms with van der Waals surface area (Å²) in [6, 6.07) is 9.10. The van der Waals surface area contributed by atoms with E-state index in [0.29, 0.717) is 23.0 Å². The zero-order valence-electron chi connectivity index (χ0n) is 11.5. The third-order valence-electron chi connectivity index (χ3n) is 3.86. The first-order valence-electron chi connectivity index (χ1n) is 6.75. The van der Waals surface area contributed by atoms with Crippen molar-refractivity contribution in [1.82, 2.24) is 15.1 Å². The highest BCUT2D eigenvalue weighted by Crippen LogP contribution is 2.33. The molecule has 0 aliphatic carbocycles. The first-order chi connectivity index (χ1) is 9.65. The summed E-state index contributed by atoms with van der Waals surface area (Å²) in [5, 5.41) is 18.1. The molecule has 1 atom stereocenters. The number of rotatable bonds is 2. The third-order valence-corrected chi connectivity index (χ3v) is 3.86. The topological polar surface area (TPSA) is 75.3 Å². The number of likely N-dealkylation sites (tertiary alicyclic amines) is 1. The average molecular weight is 270 g/mol. The Kier molecular flexibility index (Phi) is 3.28. The van der Waals surface area contributed by atoms with E-state index in [1.807, 2.05) is 18.2 Å². The molecule has 2 heterocycles. The second-order valence-corrected chi connectivity index (χ2v) is 5.34. The number of nitrogen functional groups attached to an aromatic ring is 1. The number of aromatic nitrogens is 2. The highest BCUT2D eigenvalue weighted by molar-refractivity contribution is 5.68. The molecule has 3 N–H and O–H groups in total. The molecule has 0 spiro atoms. The van der Waals surface area contributed by atoms with Gasteiger partial charge in [0.05, 0.1) is 5.69 Å². The van der Waals surface area contributed by atoms with Crippen LogP contribution in [0, 0.1) is 0 Å². The van der Waals surface area contributed by atoms with Crippen LogP contribution in [0.25, 0.3) is 11.3 Å². The van der Waals surface area contributed by atoms with Gasteiger partial charge in [-0.1, -0.05) is 12.1 Å². The van der Waals surface area contributed by atoms with Crippen LogP contribution in [0.1, 0.15) is 17.9 Å². The van der Waals surface area contributed by atoms with Crippen molar-refractivity contribution in [2.24, 2.45) is 0 Å². The van der Waals surface area contributed by atoms with E-state index >= 15 is 0 Å². The molecule has 0 saturated carbocycles. The normalized spacial score (nSPS) is 19.4. The molecule has 20 heavy (non-hydrogen) atoms. The fourth-order valence-corrected chi connectivity index (χ4v) is 2.75. The van der Waals surface area contributed by atoms with Crippen molar-refractivity contribution in [2.75, 3.05) is 25.9 Å². The van der Waals surface area contributed by atoms with E-state index in [1.54, 1.807) is 12.1 Å². The van der Waals surface area contributed by atoms with E-state index in [4.69, 9.17) is 5.73 Å². The highest BCUT2D eigenvalue weighted by Gasteiger charge is 2.24. The fourth-order valence-electron chi connectivity index (χ4n) is 2.75. The zero-order chi connectivity index (χ0) is 14.1. The third kappa shape index (κ3) is 2.32. The van der Waals surface area contributed by atoms with Gasteiger partial charge in [-0.3, -0.25) is 0 Å². The maximum absolute atomic E-state index is 9.92. The van der Waals surface area contributed by atoms with E-state index in [-0.39, 0.29) is 5.75 Å². The number of nitrogens with two attached hydrogens (primary N) is 1. The molecule has 2 aromatic rings. The van der Waals surface area contributed by atoms with E-state index < -0.39 is 0 Å². The molecule has 5 nitrogen and oxygen atoms in total. The lowest BCUT2D eigenvalue weighted by molar-refractivity contribution is 0.411. The minimum Gasteiger partial charge on any atom is -0.507 e. The molecule has 3 rings (SSSR count). The molecular formula is C15H18N4O. The fraction of sp³-hybridized carbons (Fsp3) is 0.333. The number of nitrogens with zero attached hydrogens (tertiary/aromatic N) is 3. The second-order valence-electron chi connectivity index (χ2n) is 5.34. The number of benzene rings is 1. The standard InChI is InChI=1S/C15H18N4O/c1-19-7-6-10(9-19)12-8-13(17-18-15(12)16)11-4-2-3-5-14(11)20/h2-5,8,10,20H,6-7,9H2,1H3,(H2,16,18). The van der Waals surface area contributed by atoms with Crippen LogP contribution in [-0.2, 0) is 0 Å². The predicted octanol–water partition coefficient (Wildman–Crippen LogP) is 1.85. The van der Waals surface area contributed by atoms with Gasteiger partial charge in [-0.15, -0.1) is 10.2 Å². The Hall–Kier alpha value is -2.14.